The van der Waals surface area contributed by atoms with Gasteiger partial charge in [0, 0.05) is 48.2 Å². The molecule has 4 rings (SSSR count). The van der Waals surface area contributed by atoms with Crippen molar-refractivity contribution in [3.8, 4) is 5.75 Å². The van der Waals surface area contributed by atoms with E-state index in [1.807, 2.05) is 31.2 Å². The summed E-state index contributed by atoms with van der Waals surface area (Å²) in [6, 6.07) is 9.24. The third-order valence-corrected chi connectivity index (χ3v) is 4.28. The van der Waals surface area contributed by atoms with Gasteiger partial charge >= 0.3 is 0 Å². The fourth-order valence-electron chi connectivity index (χ4n) is 2.89. The number of aromatic nitrogens is 4. The number of carbonyl (C=O) groups excluding carboxylic acids is 1. The van der Waals surface area contributed by atoms with E-state index in [0.717, 1.165) is 22.2 Å². The van der Waals surface area contributed by atoms with E-state index in [2.05, 4.69) is 20.1 Å². The molecule has 28 heavy (non-hydrogen) atoms. The van der Waals surface area contributed by atoms with Gasteiger partial charge in [0.05, 0.1) is 6.54 Å². The van der Waals surface area contributed by atoms with Gasteiger partial charge in [0.2, 0.25) is 0 Å². The number of hydrogen-bond donors (Lipinski definition) is 1. The standard InChI is InChI=1S/C20H19N5O3/c1-13-9-22-19(23-13)11-25(2)20(26)17-8-15(28-24-17)12-27-18-5-3-4-14-10-21-7-6-16(14)18/h3-10H,11-12H2,1-2H3,(H,22,23). The molecule has 1 aromatic carbocycles. The predicted molar refractivity (Wildman–Crippen MR) is 102 cm³/mol. The monoisotopic (exact) mass is 377 g/mol. The van der Waals surface area contributed by atoms with Gasteiger partial charge in [0.25, 0.3) is 5.91 Å². The van der Waals surface area contributed by atoms with Crippen LogP contribution in [-0.2, 0) is 13.2 Å². The Hall–Kier alpha value is -3.68. The molecule has 3 aromatic heterocycles. The van der Waals surface area contributed by atoms with Gasteiger partial charge in [-0.05, 0) is 19.1 Å². The molecule has 8 nitrogen and oxygen atoms in total. The van der Waals surface area contributed by atoms with Crippen molar-refractivity contribution in [1.82, 2.24) is 25.0 Å². The number of benzene rings is 1. The molecular weight excluding hydrogens is 358 g/mol. The summed E-state index contributed by atoms with van der Waals surface area (Å²) in [4.78, 5) is 25.5. The number of aryl methyl sites for hydroxylation is 1. The Labute approximate surface area is 161 Å². The highest BCUT2D eigenvalue weighted by atomic mass is 16.5. The lowest BCUT2D eigenvalue weighted by Crippen LogP contribution is -2.27. The topological polar surface area (TPSA) is 97.1 Å². The summed E-state index contributed by atoms with van der Waals surface area (Å²) in [5.74, 6) is 1.65. The van der Waals surface area contributed by atoms with Crippen LogP contribution in [0, 0.1) is 6.92 Å². The zero-order valence-electron chi connectivity index (χ0n) is 15.5. The summed E-state index contributed by atoms with van der Waals surface area (Å²) < 4.78 is 11.1. The summed E-state index contributed by atoms with van der Waals surface area (Å²) in [5, 5.41) is 5.82. The number of hydrogen-bond acceptors (Lipinski definition) is 6. The van der Waals surface area contributed by atoms with Crippen molar-refractivity contribution in [3.05, 3.63) is 71.9 Å². The fourth-order valence-corrected chi connectivity index (χ4v) is 2.89. The van der Waals surface area contributed by atoms with Crippen molar-refractivity contribution in [3.63, 3.8) is 0 Å². The van der Waals surface area contributed by atoms with Gasteiger partial charge < -0.3 is 19.1 Å². The summed E-state index contributed by atoms with van der Waals surface area (Å²) in [6.07, 6.45) is 5.23. The van der Waals surface area contributed by atoms with E-state index >= 15 is 0 Å². The highest BCUT2D eigenvalue weighted by molar-refractivity contribution is 5.92. The number of H-pyrrole nitrogens is 1. The first kappa shape index (κ1) is 17.7. The minimum Gasteiger partial charge on any atom is -0.485 e. The van der Waals surface area contributed by atoms with Crippen molar-refractivity contribution < 1.29 is 14.1 Å². The number of imidazole rings is 1. The van der Waals surface area contributed by atoms with Gasteiger partial charge in [-0.1, -0.05) is 17.3 Å². The van der Waals surface area contributed by atoms with Crippen LogP contribution in [0.2, 0.25) is 0 Å². The van der Waals surface area contributed by atoms with Crippen LogP contribution < -0.4 is 4.74 Å². The molecule has 1 amide bonds. The van der Waals surface area contributed by atoms with E-state index in [-0.39, 0.29) is 18.2 Å². The Morgan fingerprint density at radius 2 is 2.18 bits per heavy atom. The molecule has 0 aliphatic rings. The van der Waals surface area contributed by atoms with Gasteiger partial charge in [-0.3, -0.25) is 9.78 Å². The van der Waals surface area contributed by atoms with E-state index < -0.39 is 0 Å². The van der Waals surface area contributed by atoms with Gasteiger partial charge in [0.1, 0.15) is 18.2 Å². The molecule has 3 heterocycles. The SMILES string of the molecule is Cc1cnc(CN(C)C(=O)c2cc(COc3cccc4cnccc34)on2)[nH]1. The molecule has 1 N–H and O–H groups in total. The van der Waals surface area contributed by atoms with Gasteiger partial charge in [-0.2, -0.15) is 0 Å². The Morgan fingerprint density at radius 1 is 1.29 bits per heavy atom. The summed E-state index contributed by atoms with van der Waals surface area (Å²) in [7, 11) is 1.69. The Bertz CT molecular complexity index is 1110. The molecule has 0 bridgehead atoms. The lowest BCUT2D eigenvalue weighted by Gasteiger charge is -2.13. The lowest BCUT2D eigenvalue weighted by atomic mass is 10.1. The highest BCUT2D eigenvalue weighted by Gasteiger charge is 2.18. The number of aromatic amines is 1. The number of fused-ring (bicyclic) bond motifs is 1. The van der Waals surface area contributed by atoms with E-state index in [1.165, 1.54) is 4.90 Å². The molecule has 0 atom stereocenters. The van der Waals surface area contributed by atoms with E-state index in [9.17, 15) is 4.79 Å². The molecule has 0 unspecified atom stereocenters. The van der Waals surface area contributed by atoms with Crippen molar-refractivity contribution in [1.29, 1.82) is 0 Å². The minimum atomic E-state index is -0.250. The molecule has 0 saturated heterocycles. The third-order valence-electron chi connectivity index (χ3n) is 4.28. The van der Waals surface area contributed by atoms with Crippen LogP contribution in [0.4, 0.5) is 0 Å². The van der Waals surface area contributed by atoms with Crippen molar-refractivity contribution in [2.45, 2.75) is 20.1 Å². The van der Waals surface area contributed by atoms with Crippen LogP contribution in [0.15, 0.2) is 53.4 Å². The van der Waals surface area contributed by atoms with Crippen LogP contribution >= 0.6 is 0 Å². The average molecular weight is 377 g/mol. The van der Waals surface area contributed by atoms with Gasteiger partial charge in [-0.25, -0.2) is 4.98 Å². The smallest absolute Gasteiger partial charge is 0.276 e. The maximum Gasteiger partial charge on any atom is 0.276 e. The van der Waals surface area contributed by atoms with Gasteiger partial charge in [0.15, 0.2) is 11.5 Å². The Balaban J connectivity index is 1.41. The molecule has 0 saturated carbocycles. The molecule has 8 heteroatoms. The van der Waals surface area contributed by atoms with Crippen molar-refractivity contribution >= 4 is 16.7 Å². The summed E-state index contributed by atoms with van der Waals surface area (Å²) in [5.41, 5.74) is 1.17. The maximum absolute atomic E-state index is 12.5. The minimum absolute atomic E-state index is 0.169. The average Bonchev–Trinajstić information content (AvgIpc) is 3.34. The first-order chi connectivity index (χ1) is 13.6. The Kier molecular flexibility index (Phi) is 4.76. The van der Waals surface area contributed by atoms with E-state index in [1.54, 1.807) is 31.7 Å². The Morgan fingerprint density at radius 3 is 3.00 bits per heavy atom. The number of carbonyl (C=O) groups is 1. The predicted octanol–water partition coefficient (Wildman–Crippen LogP) is 3.11. The summed E-state index contributed by atoms with van der Waals surface area (Å²) in [6.45, 7) is 2.44. The molecule has 142 valence electrons. The molecule has 0 radical (unpaired) electrons. The van der Waals surface area contributed by atoms with Crippen molar-refractivity contribution in [2.75, 3.05) is 7.05 Å². The van der Waals surface area contributed by atoms with Gasteiger partial charge in [-0.15, -0.1) is 0 Å². The number of nitrogens with one attached hydrogen (secondary N) is 1. The fraction of sp³-hybridized carbons (Fsp3) is 0.200. The van der Waals surface area contributed by atoms with E-state index in [0.29, 0.717) is 18.1 Å². The first-order valence-electron chi connectivity index (χ1n) is 8.77. The number of pyridine rings is 1. The van der Waals surface area contributed by atoms with E-state index in [4.69, 9.17) is 9.26 Å². The van der Waals surface area contributed by atoms with Crippen LogP contribution in [0.5, 0.6) is 5.75 Å². The van der Waals surface area contributed by atoms with Crippen LogP contribution in [0.1, 0.15) is 27.8 Å². The number of nitrogens with zero attached hydrogens (tertiary/aromatic N) is 4. The first-order valence-corrected chi connectivity index (χ1v) is 8.77. The van der Waals surface area contributed by atoms with Crippen LogP contribution in [0.3, 0.4) is 0 Å². The van der Waals surface area contributed by atoms with Crippen LogP contribution in [0.25, 0.3) is 10.8 Å². The molecule has 0 fully saturated rings. The largest absolute Gasteiger partial charge is 0.485 e. The molecule has 0 aliphatic heterocycles. The lowest BCUT2D eigenvalue weighted by molar-refractivity contribution is 0.0771. The molecule has 4 aromatic rings. The zero-order valence-corrected chi connectivity index (χ0v) is 15.5. The number of amides is 1. The number of rotatable bonds is 6. The van der Waals surface area contributed by atoms with Crippen molar-refractivity contribution in [2.24, 2.45) is 0 Å². The quantitative estimate of drug-likeness (QED) is 0.554. The highest BCUT2D eigenvalue weighted by Crippen LogP contribution is 2.25. The van der Waals surface area contributed by atoms with Crippen LogP contribution in [-0.4, -0.2) is 38.0 Å². The normalized spacial score (nSPS) is 10.9. The maximum atomic E-state index is 12.5. The second-order valence-electron chi connectivity index (χ2n) is 6.49. The molecular formula is C20H19N5O3. The second kappa shape index (κ2) is 7.51. The molecule has 0 spiro atoms. The zero-order chi connectivity index (χ0) is 19.5. The number of ether oxygens (including phenoxy) is 1. The molecule has 0 aliphatic carbocycles. The third kappa shape index (κ3) is 3.71. The second-order valence-corrected chi connectivity index (χ2v) is 6.49. The summed E-state index contributed by atoms with van der Waals surface area (Å²) >= 11 is 0.